The molecule has 1 heterocycles. The molecule has 1 aliphatic rings. The topological polar surface area (TPSA) is 42.7 Å². The van der Waals surface area contributed by atoms with Crippen molar-refractivity contribution in [1.29, 1.82) is 0 Å². The first-order valence-corrected chi connectivity index (χ1v) is 6.79. The molecule has 1 aliphatic carbocycles. The molecule has 1 aromatic rings. The van der Waals surface area contributed by atoms with Crippen molar-refractivity contribution in [2.75, 3.05) is 7.05 Å². The number of nitrogens with zero attached hydrogens (tertiary/aromatic N) is 3. The predicted octanol–water partition coefficient (Wildman–Crippen LogP) is 2.31. The first kappa shape index (κ1) is 12.6. The van der Waals surface area contributed by atoms with Gasteiger partial charge in [-0.1, -0.05) is 38.3 Å². The van der Waals surface area contributed by atoms with Crippen LogP contribution in [-0.2, 0) is 13.1 Å². The third-order valence-electron chi connectivity index (χ3n) is 3.71. The number of aryl methyl sites for hydroxylation is 1. The molecule has 96 valence electrons. The van der Waals surface area contributed by atoms with E-state index in [1.54, 1.807) is 0 Å². The third kappa shape index (κ3) is 2.86. The van der Waals surface area contributed by atoms with Crippen LogP contribution in [-0.4, -0.2) is 22.0 Å². The van der Waals surface area contributed by atoms with Crippen molar-refractivity contribution in [2.45, 2.75) is 58.5 Å². The fourth-order valence-electron chi connectivity index (χ4n) is 2.53. The monoisotopic (exact) mass is 236 g/mol. The van der Waals surface area contributed by atoms with Gasteiger partial charge in [-0.15, -0.1) is 5.10 Å². The molecule has 0 aliphatic heterocycles. The molecule has 4 heteroatoms. The lowest BCUT2D eigenvalue weighted by Gasteiger charge is -2.25. The number of hydrogen-bond acceptors (Lipinski definition) is 3. The van der Waals surface area contributed by atoms with Crippen LogP contribution in [0.4, 0.5) is 0 Å². The molecule has 0 aromatic carbocycles. The summed E-state index contributed by atoms with van der Waals surface area (Å²) in [5, 5.41) is 11.8. The van der Waals surface area contributed by atoms with Crippen LogP contribution in [0, 0.1) is 5.92 Å². The standard InChI is InChI=1S/C13H24N4/c1-10(2)13-12(9-14-3)15-16-17(13)8-7-11-5-4-6-11/h10-11,14H,4-9H2,1-3H3. The summed E-state index contributed by atoms with van der Waals surface area (Å²) >= 11 is 0. The maximum atomic E-state index is 4.31. The van der Waals surface area contributed by atoms with Crippen LogP contribution in [0.3, 0.4) is 0 Å². The zero-order chi connectivity index (χ0) is 12.3. The van der Waals surface area contributed by atoms with Crippen LogP contribution in [0.2, 0.25) is 0 Å². The van der Waals surface area contributed by atoms with E-state index in [1.165, 1.54) is 31.4 Å². The minimum absolute atomic E-state index is 0.495. The van der Waals surface area contributed by atoms with Gasteiger partial charge in [-0.05, 0) is 25.3 Å². The Morgan fingerprint density at radius 2 is 2.18 bits per heavy atom. The normalized spacial score (nSPS) is 16.5. The maximum Gasteiger partial charge on any atom is 0.0999 e. The highest BCUT2D eigenvalue weighted by Crippen LogP contribution is 2.30. The summed E-state index contributed by atoms with van der Waals surface area (Å²) in [5.74, 6) is 1.43. The van der Waals surface area contributed by atoms with Crippen molar-refractivity contribution in [3.63, 3.8) is 0 Å². The summed E-state index contributed by atoms with van der Waals surface area (Å²) in [6, 6.07) is 0. The molecule has 2 rings (SSSR count). The zero-order valence-corrected chi connectivity index (χ0v) is 11.2. The van der Waals surface area contributed by atoms with Crippen LogP contribution in [0.25, 0.3) is 0 Å². The Balaban J connectivity index is 2.03. The molecular weight excluding hydrogens is 212 g/mol. The van der Waals surface area contributed by atoms with Crippen LogP contribution < -0.4 is 5.32 Å². The Kier molecular flexibility index (Phi) is 4.15. The second-order valence-corrected chi connectivity index (χ2v) is 5.42. The zero-order valence-electron chi connectivity index (χ0n) is 11.2. The van der Waals surface area contributed by atoms with Crippen molar-refractivity contribution in [3.8, 4) is 0 Å². The largest absolute Gasteiger partial charge is 0.314 e. The molecule has 0 atom stereocenters. The Bertz CT molecular complexity index is 352. The van der Waals surface area contributed by atoms with E-state index >= 15 is 0 Å². The van der Waals surface area contributed by atoms with Crippen LogP contribution in [0.1, 0.15) is 56.8 Å². The van der Waals surface area contributed by atoms with E-state index in [0.717, 1.165) is 24.7 Å². The second kappa shape index (κ2) is 5.63. The number of rotatable bonds is 6. The molecule has 17 heavy (non-hydrogen) atoms. The van der Waals surface area contributed by atoms with Gasteiger partial charge in [-0.3, -0.25) is 0 Å². The molecule has 0 amide bonds. The summed E-state index contributed by atoms with van der Waals surface area (Å²) < 4.78 is 2.12. The van der Waals surface area contributed by atoms with Gasteiger partial charge in [-0.25, -0.2) is 4.68 Å². The minimum Gasteiger partial charge on any atom is -0.314 e. The van der Waals surface area contributed by atoms with Gasteiger partial charge in [0.05, 0.1) is 11.4 Å². The summed E-state index contributed by atoms with van der Waals surface area (Å²) in [4.78, 5) is 0. The fraction of sp³-hybridized carbons (Fsp3) is 0.846. The van der Waals surface area contributed by atoms with Gasteiger partial charge in [-0.2, -0.15) is 0 Å². The van der Waals surface area contributed by atoms with Gasteiger partial charge in [0, 0.05) is 13.1 Å². The fourth-order valence-corrected chi connectivity index (χ4v) is 2.53. The van der Waals surface area contributed by atoms with Gasteiger partial charge in [0.1, 0.15) is 0 Å². The van der Waals surface area contributed by atoms with E-state index in [-0.39, 0.29) is 0 Å². The Hall–Kier alpha value is -0.900. The third-order valence-corrected chi connectivity index (χ3v) is 3.71. The van der Waals surface area contributed by atoms with E-state index in [2.05, 4.69) is 34.2 Å². The van der Waals surface area contributed by atoms with Crippen molar-refractivity contribution < 1.29 is 0 Å². The molecule has 4 nitrogen and oxygen atoms in total. The molecule has 0 bridgehead atoms. The SMILES string of the molecule is CNCc1nnn(CCC2CCC2)c1C(C)C. The summed E-state index contributed by atoms with van der Waals surface area (Å²) in [6.07, 6.45) is 5.51. The van der Waals surface area contributed by atoms with E-state index < -0.39 is 0 Å². The molecule has 0 saturated heterocycles. The second-order valence-electron chi connectivity index (χ2n) is 5.42. The van der Waals surface area contributed by atoms with Gasteiger partial charge in [0.25, 0.3) is 0 Å². The number of nitrogens with one attached hydrogen (secondary N) is 1. The van der Waals surface area contributed by atoms with Crippen molar-refractivity contribution in [3.05, 3.63) is 11.4 Å². The predicted molar refractivity (Wildman–Crippen MR) is 68.8 cm³/mol. The first-order chi connectivity index (χ1) is 8.22. The molecule has 0 unspecified atom stereocenters. The lowest BCUT2D eigenvalue weighted by molar-refractivity contribution is 0.275. The minimum atomic E-state index is 0.495. The number of hydrogen-bond donors (Lipinski definition) is 1. The summed E-state index contributed by atoms with van der Waals surface area (Å²) in [7, 11) is 1.96. The Morgan fingerprint density at radius 3 is 2.71 bits per heavy atom. The average molecular weight is 236 g/mol. The Labute approximate surface area is 104 Å². The molecule has 1 aromatic heterocycles. The highest BCUT2D eigenvalue weighted by Gasteiger charge is 2.20. The molecular formula is C13H24N4. The lowest BCUT2D eigenvalue weighted by atomic mass is 9.83. The van der Waals surface area contributed by atoms with Crippen LogP contribution in [0.5, 0.6) is 0 Å². The van der Waals surface area contributed by atoms with Gasteiger partial charge in [0.2, 0.25) is 0 Å². The van der Waals surface area contributed by atoms with Gasteiger partial charge >= 0.3 is 0 Å². The van der Waals surface area contributed by atoms with Crippen LogP contribution >= 0.6 is 0 Å². The highest BCUT2D eigenvalue weighted by molar-refractivity contribution is 5.14. The highest BCUT2D eigenvalue weighted by atomic mass is 15.4. The molecule has 1 fully saturated rings. The Morgan fingerprint density at radius 1 is 1.41 bits per heavy atom. The van der Waals surface area contributed by atoms with Crippen molar-refractivity contribution >= 4 is 0 Å². The molecule has 1 N–H and O–H groups in total. The molecule has 0 radical (unpaired) electrons. The summed E-state index contributed by atoms with van der Waals surface area (Å²) in [5.41, 5.74) is 2.41. The number of aromatic nitrogens is 3. The van der Waals surface area contributed by atoms with Gasteiger partial charge < -0.3 is 5.32 Å². The van der Waals surface area contributed by atoms with Crippen LogP contribution in [0.15, 0.2) is 0 Å². The van der Waals surface area contributed by atoms with E-state index in [9.17, 15) is 0 Å². The summed E-state index contributed by atoms with van der Waals surface area (Å²) in [6.45, 7) is 6.29. The molecule has 0 spiro atoms. The van der Waals surface area contributed by atoms with E-state index in [0.29, 0.717) is 5.92 Å². The quantitative estimate of drug-likeness (QED) is 0.824. The van der Waals surface area contributed by atoms with Crippen molar-refractivity contribution in [2.24, 2.45) is 5.92 Å². The average Bonchev–Trinajstić information content (AvgIpc) is 2.59. The lowest BCUT2D eigenvalue weighted by Crippen LogP contribution is -2.16. The maximum absolute atomic E-state index is 4.31. The van der Waals surface area contributed by atoms with Gasteiger partial charge in [0.15, 0.2) is 0 Å². The van der Waals surface area contributed by atoms with E-state index in [4.69, 9.17) is 0 Å². The van der Waals surface area contributed by atoms with E-state index in [1.807, 2.05) is 7.05 Å². The smallest absolute Gasteiger partial charge is 0.0999 e. The molecule has 1 saturated carbocycles. The first-order valence-electron chi connectivity index (χ1n) is 6.79. The van der Waals surface area contributed by atoms with Crippen molar-refractivity contribution in [1.82, 2.24) is 20.3 Å².